The third-order valence-corrected chi connectivity index (χ3v) is 2.91. The Kier molecular flexibility index (Phi) is 6.16. The molecule has 16 heavy (non-hydrogen) atoms. The Labute approximate surface area is 98.8 Å². The van der Waals surface area contributed by atoms with Crippen molar-refractivity contribution < 1.29 is 0 Å². The van der Waals surface area contributed by atoms with Crippen LogP contribution in [0.2, 0.25) is 0 Å². The average molecular weight is 223 g/mol. The van der Waals surface area contributed by atoms with Gasteiger partial charge in [-0.3, -0.25) is 0 Å². The van der Waals surface area contributed by atoms with Gasteiger partial charge in [-0.05, 0) is 13.3 Å². The molecular formula is C13H25N3. The van der Waals surface area contributed by atoms with Gasteiger partial charge in [0.1, 0.15) is 5.82 Å². The third kappa shape index (κ3) is 4.79. The molecule has 92 valence electrons. The van der Waals surface area contributed by atoms with Crippen LogP contribution < -0.4 is 5.73 Å². The number of aromatic nitrogens is 2. The van der Waals surface area contributed by atoms with E-state index in [1.165, 1.54) is 38.5 Å². The minimum atomic E-state index is 0.0609. The highest BCUT2D eigenvalue weighted by molar-refractivity contribution is 5.04. The van der Waals surface area contributed by atoms with Gasteiger partial charge in [-0.25, -0.2) is 4.98 Å². The van der Waals surface area contributed by atoms with E-state index in [1.54, 1.807) is 0 Å². The lowest BCUT2D eigenvalue weighted by atomic mass is 10.1. The third-order valence-electron chi connectivity index (χ3n) is 2.91. The van der Waals surface area contributed by atoms with Crippen molar-refractivity contribution in [3.63, 3.8) is 0 Å². The lowest BCUT2D eigenvalue weighted by Gasteiger charge is -2.00. The van der Waals surface area contributed by atoms with Crippen LogP contribution in [0.3, 0.4) is 0 Å². The number of nitrogens with two attached hydrogens (primary N) is 1. The molecule has 0 saturated carbocycles. The van der Waals surface area contributed by atoms with E-state index in [0.29, 0.717) is 0 Å². The van der Waals surface area contributed by atoms with E-state index in [2.05, 4.69) is 16.9 Å². The number of H-pyrrole nitrogens is 1. The van der Waals surface area contributed by atoms with Crippen molar-refractivity contribution in [2.45, 2.75) is 64.8 Å². The number of imidazole rings is 1. The second kappa shape index (κ2) is 7.44. The van der Waals surface area contributed by atoms with Gasteiger partial charge in [0.25, 0.3) is 0 Å². The van der Waals surface area contributed by atoms with Crippen LogP contribution >= 0.6 is 0 Å². The van der Waals surface area contributed by atoms with Crippen molar-refractivity contribution in [1.29, 1.82) is 0 Å². The van der Waals surface area contributed by atoms with Crippen LogP contribution in [0.4, 0.5) is 0 Å². The summed E-state index contributed by atoms with van der Waals surface area (Å²) in [6.07, 6.45) is 10.9. The van der Waals surface area contributed by atoms with Gasteiger partial charge in [0.05, 0.1) is 5.69 Å². The van der Waals surface area contributed by atoms with Gasteiger partial charge in [-0.1, -0.05) is 39.0 Å². The first-order valence-electron chi connectivity index (χ1n) is 6.53. The predicted molar refractivity (Wildman–Crippen MR) is 68.3 cm³/mol. The number of hydrogen-bond donors (Lipinski definition) is 2. The van der Waals surface area contributed by atoms with Crippen LogP contribution in [0, 0.1) is 0 Å². The molecule has 1 heterocycles. The molecule has 1 aromatic heterocycles. The number of nitrogens with zero attached hydrogens (tertiary/aromatic N) is 1. The van der Waals surface area contributed by atoms with Gasteiger partial charge in [-0.2, -0.15) is 0 Å². The second-order valence-corrected chi connectivity index (χ2v) is 4.59. The summed E-state index contributed by atoms with van der Waals surface area (Å²) < 4.78 is 0. The molecule has 3 heteroatoms. The summed E-state index contributed by atoms with van der Waals surface area (Å²) in [6, 6.07) is 0.0609. The van der Waals surface area contributed by atoms with Gasteiger partial charge >= 0.3 is 0 Å². The summed E-state index contributed by atoms with van der Waals surface area (Å²) in [5.41, 5.74) is 6.81. The van der Waals surface area contributed by atoms with Gasteiger partial charge < -0.3 is 10.7 Å². The van der Waals surface area contributed by atoms with Crippen molar-refractivity contribution in [3.8, 4) is 0 Å². The number of hydrogen-bond acceptors (Lipinski definition) is 2. The highest BCUT2D eigenvalue weighted by Gasteiger charge is 2.03. The summed E-state index contributed by atoms with van der Waals surface area (Å²) in [5.74, 6) is 1.09. The van der Waals surface area contributed by atoms with Crippen molar-refractivity contribution in [1.82, 2.24) is 9.97 Å². The van der Waals surface area contributed by atoms with E-state index >= 15 is 0 Å². The Morgan fingerprint density at radius 3 is 2.56 bits per heavy atom. The lowest BCUT2D eigenvalue weighted by Crippen LogP contribution is -2.05. The second-order valence-electron chi connectivity index (χ2n) is 4.59. The van der Waals surface area contributed by atoms with Gasteiger partial charge in [-0.15, -0.1) is 0 Å². The summed E-state index contributed by atoms with van der Waals surface area (Å²) in [6.45, 7) is 4.22. The molecule has 0 saturated heterocycles. The van der Waals surface area contributed by atoms with Crippen LogP contribution in [0.1, 0.15) is 69.9 Å². The minimum absolute atomic E-state index is 0.0609. The van der Waals surface area contributed by atoms with Crippen LogP contribution in [-0.2, 0) is 6.42 Å². The molecule has 1 unspecified atom stereocenters. The molecular weight excluding hydrogens is 198 g/mol. The molecule has 0 aliphatic rings. The molecule has 3 nitrogen and oxygen atoms in total. The van der Waals surface area contributed by atoms with E-state index in [-0.39, 0.29) is 6.04 Å². The zero-order valence-electron chi connectivity index (χ0n) is 10.6. The number of rotatable bonds is 8. The summed E-state index contributed by atoms with van der Waals surface area (Å²) >= 11 is 0. The number of unbranched alkanes of at least 4 members (excludes halogenated alkanes) is 5. The van der Waals surface area contributed by atoms with E-state index in [4.69, 9.17) is 5.73 Å². The molecule has 0 amide bonds. The Hall–Kier alpha value is -0.830. The maximum Gasteiger partial charge on any atom is 0.106 e. The quantitative estimate of drug-likeness (QED) is 0.664. The normalized spacial score (nSPS) is 12.9. The summed E-state index contributed by atoms with van der Waals surface area (Å²) in [7, 11) is 0. The lowest BCUT2D eigenvalue weighted by molar-refractivity contribution is 0.601. The number of nitrogens with one attached hydrogen (secondary N) is 1. The van der Waals surface area contributed by atoms with Gasteiger partial charge in [0.15, 0.2) is 0 Å². The minimum Gasteiger partial charge on any atom is -0.345 e. The molecule has 0 aliphatic heterocycles. The molecule has 0 fully saturated rings. The molecule has 1 aromatic rings. The standard InChI is InChI=1S/C13H25N3/c1-3-4-5-6-7-8-9-13-15-10-12(16-13)11(2)14/h10-11H,3-9,14H2,1-2H3,(H,15,16). The topological polar surface area (TPSA) is 54.7 Å². The zero-order valence-corrected chi connectivity index (χ0v) is 10.6. The Morgan fingerprint density at radius 1 is 1.25 bits per heavy atom. The first-order chi connectivity index (χ1) is 7.74. The molecule has 0 spiro atoms. The smallest absolute Gasteiger partial charge is 0.106 e. The Bertz CT molecular complexity index is 278. The van der Waals surface area contributed by atoms with Crippen LogP contribution in [0.25, 0.3) is 0 Å². The molecule has 0 aromatic carbocycles. The fourth-order valence-corrected chi connectivity index (χ4v) is 1.81. The fraction of sp³-hybridized carbons (Fsp3) is 0.769. The maximum atomic E-state index is 5.77. The molecule has 1 rings (SSSR count). The molecule has 0 aliphatic carbocycles. The maximum absolute atomic E-state index is 5.77. The average Bonchev–Trinajstić information content (AvgIpc) is 2.72. The van der Waals surface area contributed by atoms with E-state index < -0.39 is 0 Å². The van der Waals surface area contributed by atoms with Crippen molar-refractivity contribution in [2.24, 2.45) is 5.73 Å². The van der Waals surface area contributed by atoms with Crippen molar-refractivity contribution in [2.75, 3.05) is 0 Å². The zero-order chi connectivity index (χ0) is 11.8. The Balaban J connectivity index is 2.12. The van der Waals surface area contributed by atoms with E-state index in [1.807, 2.05) is 13.1 Å². The van der Waals surface area contributed by atoms with Gasteiger partial charge in [0, 0.05) is 18.7 Å². The fourth-order valence-electron chi connectivity index (χ4n) is 1.81. The van der Waals surface area contributed by atoms with Gasteiger partial charge in [0.2, 0.25) is 0 Å². The molecule has 3 N–H and O–H groups in total. The molecule has 0 radical (unpaired) electrons. The van der Waals surface area contributed by atoms with Crippen molar-refractivity contribution >= 4 is 0 Å². The first kappa shape index (κ1) is 13.2. The Morgan fingerprint density at radius 2 is 1.94 bits per heavy atom. The highest BCUT2D eigenvalue weighted by Crippen LogP contribution is 2.10. The number of aryl methyl sites for hydroxylation is 1. The van der Waals surface area contributed by atoms with Crippen LogP contribution in [0.15, 0.2) is 6.20 Å². The SMILES string of the molecule is CCCCCCCCc1ncc(C(C)N)[nH]1. The monoisotopic (exact) mass is 223 g/mol. The van der Waals surface area contributed by atoms with Crippen molar-refractivity contribution in [3.05, 3.63) is 17.7 Å². The van der Waals surface area contributed by atoms with Crippen LogP contribution in [-0.4, -0.2) is 9.97 Å². The first-order valence-corrected chi connectivity index (χ1v) is 6.53. The van der Waals surface area contributed by atoms with E-state index in [0.717, 1.165) is 17.9 Å². The van der Waals surface area contributed by atoms with E-state index in [9.17, 15) is 0 Å². The number of aromatic amines is 1. The summed E-state index contributed by atoms with van der Waals surface area (Å²) in [4.78, 5) is 7.61. The molecule has 0 bridgehead atoms. The highest BCUT2D eigenvalue weighted by atomic mass is 14.9. The summed E-state index contributed by atoms with van der Waals surface area (Å²) in [5, 5.41) is 0. The largest absolute Gasteiger partial charge is 0.345 e. The molecule has 1 atom stereocenters. The predicted octanol–water partition coefficient (Wildman–Crippen LogP) is 3.33. The van der Waals surface area contributed by atoms with Crippen LogP contribution in [0.5, 0.6) is 0 Å².